The van der Waals surface area contributed by atoms with E-state index in [1.54, 1.807) is 0 Å². The minimum Gasteiger partial charge on any atom is -0.391 e. The lowest BCUT2D eigenvalue weighted by molar-refractivity contribution is 0.0714. The molecule has 16 heavy (non-hydrogen) atoms. The van der Waals surface area contributed by atoms with Crippen LogP contribution in [0.15, 0.2) is 24.3 Å². The number of nitrogens with one attached hydrogen (secondary N) is 1. The SMILES string of the molecule is CCC(C)C(O)C1NCCc2ccccc21. The number of hydrogen-bond donors (Lipinski definition) is 2. The van der Waals surface area contributed by atoms with Crippen LogP contribution in [0.25, 0.3) is 0 Å². The van der Waals surface area contributed by atoms with Crippen molar-refractivity contribution in [1.29, 1.82) is 0 Å². The van der Waals surface area contributed by atoms with Gasteiger partial charge in [-0.05, 0) is 30.0 Å². The van der Waals surface area contributed by atoms with Crippen molar-refractivity contribution in [2.45, 2.75) is 38.8 Å². The van der Waals surface area contributed by atoms with E-state index in [-0.39, 0.29) is 12.1 Å². The normalized spacial score (nSPS) is 23.6. The van der Waals surface area contributed by atoms with E-state index in [2.05, 4.69) is 43.4 Å². The fourth-order valence-corrected chi connectivity index (χ4v) is 2.41. The highest BCUT2D eigenvalue weighted by Crippen LogP contribution is 2.29. The first-order valence-electron chi connectivity index (χ1n) is 6.23. The maximum atomic E-state index is 10.3. The van der Waals surface area contributed by atoms with Crippen molar-refractivity contribution in [2.24, 2.45) is 5.92 Å². The van der Waals surface area contributed by atoms with Crippen molar-refractivity contribution in [3.05, 3.63) is 35.4 Å². The van der Waals surface area contributed by atoms with Crippen LogP contribution in [-0.2, 0) is 6.42 Å². The van der Waals surface area contributed by atoms with E-state index >= 15 is 0 Å². The molecule has 2 heteroatoms. The molecule has 88 valence electrons. The van der Waals surface area contributed by atoms with Crippen LogP contribution >= 0.6 is 0 Å². The molecule has 1 aromatic carbocycles. The number of rotatable bonds is 3. The maximum Gasteiger partial charge on any atom is 0.0760 e. The topological polar surface area (TPSA) is 32.3 Å². The Balaban J connectivity index is 2.24. The first kappa shape index (κ1) is 11.6. The minimum absolute atomic E-state index is 0.111. The first-order chi connectivity index (χ1) is 7.74. The average Bonchev–Trinajstić information content (AvgIpc) is 2.36. The molecule has 0 spiro atoms. The second-order valence-electron chi connectivity index (χ2n) is 4.76. The Morgan fingerprint density at radius 1 is 1.44 bits per heavy atom. The molecule has 2 rings (SSSR count). The maximum absolute atomic E-state index is 10.3. The summed E-state index contributed by atoms with van der Waals surface area (Å²) in [6, 6.07) is 8.56. The molecule has 1 aromatic rings. The third kappa shape index (κ3) is 2.13. The quantitative estimate of drug-likeness (QED) is 0.817. The summed E-state index contributed by atoms with van der Waals surface area (Å²) in [5.41, 5.74) is 2.66. The van der Waals surface area contributed by atoms with E-state index in [1.807, 2.05) is 0 Å². The number of fused-ring (bicyclic) bond motifs is 1. The zero-order chi connectivity index (χ0) is 11.5. The number of aliphatic hydroxyl groups is 1. The number of aliphatic hydroxyl groups excluding tert-OH is 1. The smallest absolute Gasteiger partial charge is 0.0760 e. The summed E-state index contributed by atoms with van der Waals surface area (Å²) in [4.78, 5) is 0. The molecule has 1 heterocycles. The van der Waals surface area contributed by atoms with Crippen molar-refractivity contribution in [1.82, 2.24) is 5.32 Å². The Kier molecular flexibility index (Phi) is 3.62. The van der Waals surface area contributed by atoms with Crippen LogP contribution in [0.4, 0.5) is 0 Å². The summed E-state index contributed by atoms with van der Waals surface area (Å²) in [7, 11) is 0. The highest BCUT2D eigenvalue weighted by Gasteiger charge is 2.28. The lowest BCUT2D eigenvalue weighted by atomic mass is 9.86. The van der Waals surface area contributed by atoms with Gasteiger partial charge in [-0.15, -0.1) is 0 Å². The van der Waals surface area contributed by atoms with E-state index in [9.17, 15) is 5.11 Å². The summed E-state index contributed by atoms with van der Waals surface area (Å²) in [6.45, 7) is 5.21. The van der Waals surface area contributed by atoms with Crippen LogP contribution in [0.5, 0.6) is 0 Å². The van der Waals surface area contributed by atoms with E-state index in [1.165, 1.54) is 11.1 Å². The lowest BCUT2D eigenvalue weighted by Gasteiger charge is -2.33. The average molecular weight is 219 g/mol. The molecule has 0 saturated heterocycles. The van der Waals surface area contributed by atoms with Crippen LogP contribution in [0.1, 0.15) is 37.4 Å². The standard InChI is InChI=1S/C14H21NO/c1-3-10(2)14(16)13-12-7-5-4-6-11(12)8-9-15-13/h4-7,10,13-16H,3,8-9H2,1-2H3. The Bertz CT molecular complexity index is 350. The number of benzene rings is 1. The van der Waals surface area contributed by atoms with Gasteiger partial charge in [0.05, 0.1) is 12.1 Å². The van der Waals surface area contributed by atoms with Crippen molar-refractivity contribution in [2.75, 3.05) is 6.54 Å². The van der Waals surface area contributed by atoms with Gasteiger partial charge in [0.15, 0.2) is 0 Å². The fraction of sp³-hybridized carbons (Fsp3) is 0.571. The van der Waals surface area contributed by atoms with Gasteiger partial charge < -0.3 is 10.4 Å². The van der Waals surface area contributed by atoms with Crippen LogP contribution in [0.2, 0.25) is 0 Å². The molecule has 0 radical (unpaired) electrons. The van der Waals surface area contributed by atoms with Gasteiger partial charge in [-0.1, -0.05) is 44.5 Å². The zero-order valence-corrected chi connectivity index (χ0v) is 10.1. The van der Waals surface area contributed by atoms with Gasteiger partial charge in [0.1, 0.15) is 0 Å². The largest absolute Gasteiger partial charge is 0.391 e. The predicted molar refractivity (Wildman–Crippen MR) is 66.4 cm³/mol. The second-order valence-corrected chi connectivity index (χ2v) is 4.76. The summed E-state index contributed by atoms with van der Waals surface area (Å²) >= 11 is 0. The summed E-state index contributed by atoms with van der Waals surface area (Å²) in [5.74, 6) is 0.337. The molecule has 1 aliphatic heterocycles. The zero-order valence-electron chi connectivity index (χ0n) is 10.1. The van der Waals surface area contributed by atoms with Gasteiger partial charge >= 0.3 is 0 Å². The Morgan fingerprint density at radius 3 is 2.94 bits per heavy atom. The molecule has 1 aliphatic rings. The molecule has 0 aliphatic carbocycles. The van der Waals surface area contributed by atoms with E-state index in [4.69, 9.17) is 0 Å². The highest BCUT2D eigenvalue weighted by atomic mass is 16.3. The third-order valence-electron chi connectivity index (χ3n) is 3.72. The molecule has 3 unspecified atom stereocenters. The Hall–Kier alpha value is -0.860. The third-order valence-corrected chi connectivity index (χ3v) is 3.72. The van der Waals surface area contributed by atoms with Gasteiger partial charge in [-0.3, -0.25) is 0 Å². The van der Waals surface area contributed by atoms with Gasteiger partial charge in [0.2, 0.25) is 0 Å². The molecule has 0 aromatic heterocycles. The molecule has 0 fully saturated rings. The molecule has 0 bridgehead atoms. The molecule has 2 nitrogen and oxygen atoms in total. The number of hydrogen-bond acceptors (Lipinski definition) is 2. The predicted octanol–water partition coefficient (Wildman–Crippen LogP) is 2.28. The van der Waals surface area contributed by atoms with Crippen LogP contribution in [0.3, 0.4) is 0 Å². The van der Waals surface area contributed by atoms with Gasteiger partial charge in [-0.2, -0.15) is 0 Å². The Morgan fingerprint density at radius 2 is 2.19 bits per heavy atom. The van der Waals surface area contributed by atoms with E-state index in [0.717, 1.165) is 19.4 Å². The summed E-state index contributed by atoms with van der Waals surface area (Å²) in [6.07, 6.45) is 1.80. The van der Waals surface area contributed by atoms with Crippen molar-refractivity contribution in [3.8, 4) is 0 Å². The van der Waals surface area contributed by atoms with Gasteiger partial charge in [0, 0.05) is 0 Å². The molecular formula is C14H21NO. The molecule has 3 atom stereocenters. The fourth-order valence-electron chi connectivity index (χ4n) is 2.41. The molecular weight excluding hydrogens is 198 g/mol. The highest BCUT2D eigenvalue weighted by molar-refractivity contribution is 5.33. The van der Waals surface area contributed by atoms with E-state index in [0.29, 0.717) is 5.92 Å². The second kappa shape index (κ2) is 4.98. The molecule has 2 N–H and O–H groups in total. The van der Waals surface area contributed by atoms with Crippen LogP contribution < -0.4 is 5.32 Å². The van der Waals surface area contributed by atoms with Crippen LogP contribution in [-0.4, -0.2) is 17.8 Å². The first-order valence-corrected chi connectivity index (χ1v) is 6.23. The van der Waals surface area contributed by atoms with E-state index < -0.39 is 0 Å². The molecule has 0 saturated carbocycles. The molecule has 0 amide bonds. The van der Waals surface area contributed by atoms with Crippen molar-refractivity contribution < 1.29 is 5.11 Å². The van der Waals surface area contributed by atoms with Gasteiger partial charge in [0.25, 0.3) is 0 Å². The minimum atomic E-state index is -0.286. The monoisotopic (exact) mass is 219 g/mol. The van der Waals surface area contributed by atoms with Crippen LogP contribution in [0, 0.1) is 5.92 Å². The summed E-state index contributed by atoms with van der Waals surface area (Å²) in [5, 5.41) is 13.8. The van der Waals surface area contributed by atoms with Crippen molar-refractivity contribution >= 4 is 0 Å². The van der Waals surface area contributed by atoms with Crippen molar-refractivity contribution in [3.63, 3.8) is 0 Å². The Labute approximate surface area is 97.7 Å². The van der Waals surface area contributed by atoms with Gasteiger partial charge in [-0.25, -0.2) is 0 Å². The summed E-state index contributed by atoms with van der Waals surface area (Å²) < 4.78 is 0. The lowest BCUT2D eigenvalue weighted by Crippen LogP contribution is -2.40.